The number of nitrogens with zero attached hydrogens (tertiary/aromatic N) is 2. The van der Waals surface area contributed by atoms with Gasteiger partial charge in [0, 0.05) is 78.9 Å². The Labute approximate surface area is 434 Å². The highest BCUT2D eigenvalue weighted by Crippen LogP contribution is 2.23. The number of imidazole rings is 1. The van der Waals surface area contributed by atoms with Gasteiger partial charge in [-0.15, -0.1) is 11.8 Å². The molecule has 0 saturated carbocycles. The highest BCUT2D eigenvalue weighted by Gasteiger charge is 2.35. The average molecular weight is 1040 g/mol. The molecule has 0 spiro atoms. The number of nitrogens with one attached hydrogen (secondary N) is 9. The summed E-state index contributed by atoms with van der Waals surface area (Å²) in [4.78, 5) is 131. The van der Waals surface area contributed by atoms with Crippen molar-refractivity contribution in [2.45, 2.75) is 122 Å². The third-order valence-electron chi connectivity index (χ3n) is 12.4. The predicted octanol–water partition coefficient (Wildman–Crippen LogP) is 0.781. The summed E-state index contributed by atoms with van der Waals surface area (Å²) in [7, 11) is 0. The molecule has 2 aromatic heterocycles. The first-order chi connectivity index (χ1) is 35.3. The van der Waals surface area contributed by atoms with Crippen molar-refractivity contribution in [1.82, 2.24) is 57.1 Å². The van der Waals surface area contributed by atoms with Gasteiger partial charge < -0.3 is 52.7 Å². The van der Waals surface area contributed by atoms with Crippen LogP contribution in [-0.2, 0) is 62.4 Å². The van der Waals surface area contributed by atoms with Crippen LogP contribution in [0.5, 0.6) is 0 Å². The lowest BCUT2D eigenvalue weighted by Gasteiger charge is -2.29. The van der Waals surface area contributed by atoms with Gasteiger partial charge in [0.15, 0.2) is 0 Å². The van der Waals surface area contributed by atoms with Crippen LogP contribution in [-0.4, -0.2) is 145 Å². The summed E-state index contributed by atoms with van der Waals surface area (Å²) in [5, 5.41) is 29.0. The number of hydrogen-bond acceptors (Lipinski definition) is 13. The number of carboxylic acid groups (broad SMARTS) is 1. The smallest absolute Gasteiger partial charge is 0.321 e. The highest BCUT2D eigenvalue weighted by molar-refractivity contribution is 7.99. The van der Waals surface area contributed by atoms with E-state index in [0.29, 0.717) is 42.3 Å². The molecule has 0 aliphatic carbocycles. The van der Waals surface area contributed by atoms with Crippen LogP contribution in [0.4, 0.5) is 0 Å². The maximum Gasteiger partial charge on any atom is 0.321 e. The number of H-pyrrole nitrogens is 2. The number of rotatable bonds is 28. The molecule has 1 fully saturated rings. The van der Waals surface area contributed by atoms with Gasteiger partial charge in [0.25, 0.3) is 0 Å². The molecule has 4 aromatic rings. The van der Waals surface area contributed by atoms with E-state index in [-0.39, 0.29) is 38.0 Å². The van der Waals surface area contributed by atoms with Gasteiger partial charge in [-0.25, -0.2) is 4.98 Å². The first kappa shape index (κ1) is 57.8. The number of para-hydroxylation sites is 1. The normalized spacial score (nSPS) is 16.0. The van der Waals surface area contributed by atoms with Gasteiger partial charge in [0.1, 0.15) is 30.2 Å². The van der Waals surface area contributed by atoms with Gasteiger partial charge in [-0.05, 0) is 55.2 Å². The molecule has 0 unspecified atom stereocenters. The number of thioether (sulfide) groups is 1. The summed E-state index contributed by atoms with van der Waals surface area (Å²) >= 11 is 1.50. The zero-order valence-electron chi connectivity index (χ0n) is 42.4. The molecule has 74 heavy (non-hydrogen) atoms. The molecule has 0 bridgehead atoms. The summed E-state index contributed by atoms with van der Waals surface area (Å²) in [5.74, 6) is -5.60. The first-order valence-electron chi connectivity index (χ1n) is 24.7. The van der Waals surface area contributed by atoms with Gasteiger partial charge in [-0.3, -0.25) is 53.4 Å². The SMILES string of the molecule is CC(C)C[C@@H](CN1CSC[C@@H]1C(=O)O)NC(=O)[C@H](Cc1cnc[nH]1)NC(=O)CNC(=O)[C@@H](NC(=O)[C@H](C)NC(=O)[C@H](Cc1c[nH]c2ccccc12)NC(=O)[C@@H](N)CCC(=O)NC(=O)CCc1ccccc1)C(C)C. The number of aryl methyl sites for hydroxylation is 1. The van der Waals surface area contributed by atoms with Crippen LogP contribution in [0.3, 0.4) is 0 Å². The fraction of sp³-hybridized carbons (Fsp3) is 0.490. The molecule has 1 saturated heterocycles. The topological polar surface area (TPSA) is 332 Å². The standard InChI is InChI=1S/C51H70N12O10S/c1-29(2)19-35(25-63-28-74-26-41(63)51(72)73)58-49(70)40(21-34-23-53-27-56-34)59-44(66)24-55-50(71)45(30(3)4)62-46(67)31(5)57-48(69)39(20-33-22-54-38-14-10-9-13-36(33)38)60-47(68)37(52)16-18-43(65)61-42(64)17-15-32-11-7-6-8-12-32/h6-14,22-23,27,29-31,35,37,39-41,45,54H,15-21,24-26,28,52H2,1-5H3,(H,53,56)(H,55,71)(H,57,69)(H,58,70)(H,59,66)(H,60,68)(H,62,67)(H,72,73)(H,61,64,65)/t31-,35-,37-,39-,40-,41+,45-/m0/s1. The second kappa shape index (κ2) is 28.4. The summed E-state index contributed by atoms with van der Waals surface area (Å²) in [6.45, 7) is 8.46. The minimum Gasteiger partial charge on any atom is -0.480 e. The predicted molar refractivity (Wildman–Crippen MR) is 278 cm³/mol. The lowest BCUT2D eigenvalue weighted by Crippen LogP contribution is -2.59. The Balaban J connectivity index is 1.17. The van der Waals surface area contributed by atoms with Crippen molar-refractivity contribution in [3.05, 3.63) is 90.1 Å². The van der Waals surface area contributed by atoms with Gasteiger partial charge in [-0.2, -0.15) is 0 Å². The molecule has 400 valence electrons. The van der Waals surface area contributed by atoms with Crippen molar-refractivity contribution in [2.24, 2.45) is 17.6 Å². The number of benzene rings is 2. The van der Waals surface area contributed by atoms with Crippen LogP contribution in [0.25, 0.3) is 10.9 Å². The van der Waals surface area contributed by atoms with E-state index < -0.39 is 108 Å². The number of imide groups is 1. The zero-order valence-corrected chi connectivity index (χ0v) is 43.2. The molecule has 23 heteroatoms. The van der Waals surface area contributed by atoms with Crippen molar-refractivity contribution in [3.8, 4) is 0 Å². The molecule has 5 rings (SSSR count). The first-order valence-corrected chi connectivity index (χ1v) is 25.9. The van der Waals surface area contributed by atoms with E-state index in [9.17, 15) is 48.3 Å². The second-order valence-corrected chi connectivity index (χ2v) is 20.3. The lowest BCUT2D eigenvalue weighted by molar-refractivity contribution is -0.142. The van der Waals surface area contributed by atoms with E-state index in [4.69, 9.17) is 5.73 Å². The molecular weight excluding hydrogens is 973 g/mol. The number of fused-ring (bicyclic) bond motifs is 1. The maximum atomic E-state index is 14.0. The fourth-order valence-electron chi connectivity index (χ4n) is 8.37. The molecule has 8 amide bonds. The number of aromatic amines is 2. The van der Waals surface area contributed by atoms with Crippen LogP contribution in [0.1, 0.15) is 77.1 Å². The third kappa shape index (κ3) is 18.1. The van der Waals surface area contributed by atoms with Crippen LogP contribution in [0.15, 0.2) is 73.3 Å². The molecule has 0 radical (unpaired) electrons. The van der Waals surface area contributed by atoms with Gasteiger partial charge in [0.2, 0.25) is 47.3 Å². The zero-order chi connectivity index (χ0) is 53.9. The Morgan fingerprint density at radius 1 is 0.770 bits per heavy atom. The Kier molecular flexibility index (Phi) is 22.2. The minimum absolute atomic E-state index is 0.0217. The van der Waals surface area contributed by atoms with Crippen molar-refractivity contribution < 1.29 is 48.3 Å². The van der Waals surface area contributed by atoms with Gasteiger partial charge in [0.05, 0.1) is 18.9 Å². The quantitative estimate of drug-likeness (QED) is 0.0375. The van der Waals surface area contributed by atoms with E-state index in [1.165, 1.54) is 31.2 Å². The maximum absolute atomic E-state index is 14.0. The summed E-state index contributed by atoms with van der Waals surface area (Å²) in [6.07, 6.45) is 5.36. The van der Waals surface area contributed by atoms with Crippen LogP contribution < -0.4 is 43.0 Å². The van der Waals surface area contributed by atoms with Crippen molar-refractivity contribution in [1.29, 1.82) is 0 Å². The third-order valence-corrected chi connectivity index (χ3v) is 13.4. The van der Waals surface area contributed by atoms with Crippen molar-refractivity contribution in [2.75, 3.05) is 24.7 Å². The second-order valence-electron chi connectivity index (χ2n) is 19.3. The average Bonchev–Trinajstić information content (AvgIpc) is 4.15. The lowest BCUT2D eigenvalue weighted by atomic mass is 10.0. The van der Waals surface area contributed by atoms with Crippen LogP contribution >= 0.6 is 11.8 Å². The van der Waals surface area contributed by atoms with E-state index in [1.807, 2.05) is 73.3 Å². The summed E-state index contributed by atoms with van der Waals surface area (Å²) < 4.78 is 0. The Morgan fingerprint density at radius 2 is 1.46 bits per heavy atom. The number of carbonyl (C=O) groups is 9. The van der Waals surface area contributed by atoms with E-state index >= 15 is 0 Å². The van der Waals surface area contributed by atoms with Gasteiger partial charge >= 0.3 is 5.97 Å². The molecule has 3 heterocycles. The Bertz CT molecular complexity index is 2560. The molecule has 7 atom stereocenters. The molecule has 1 aliphatic heterocycles. The number of hydrogen-bond donors (Lipinski definition) is 11. The number of carbonyl (C=O) groups excluding carboxylic acids is 8. The van der Waals surface area contributed by atoms with E-state index in [2.05, 4.69) is 52.2 Å². The monoisotopic (exact) mass is 1040 g/mol. The molecular formula is C51H70N12O10S. The van der Waals surface area contributed by atoms with Gasteiger partial charge in [-0.1, -0.05) is 76.2 Å². The van der Waals surface area contributed by atoms with Crippen molar-refractivity contribution in [3.63, 3.8) is 0 Å². The minimum atomic E-state index is -1.26. The molecule has 22 nitrogen and oxygen atoms in total. The van der Waals surface area contributed by atoms with E-state index in [1.54, 1.807) is 20.0 Å². The number of amides is 8. The highest BCUT2D eigenvalue weighted by atomic mass is 32.2. The Hall–Kier alpha value is -7.11. The summed E-state index contributed by atoms with van der Waals surface area (Å²) in [5.41, 5.74) is 9.15. The number of aliphatic carboxylic acids is 1. The van der Waals surface area contributed by atoms with Crippen molar-refractivity contribution >= 4 is 75.9 Å². The van der Waals surface area contributed by atoms with Crippen LogP contribution in [0, 0.1) is 11.8 Å². The number of carboxylic acids is 1. The number of nitrogens with two attached hydrogens (primary N) is 1. The number of aromatic nitrogens is 3. The molecule has 12 N–H and O–H groups in total. The Morgan fingerprint density at radius 3 is 2.15 bits per heavy atom. The molecule has 1 aliphatic rings. The molecule has 2 aromatic carbocycles. The van der Waals surface area contributed by atoms with Crippen LogP contribution in [0.2, 0.25) is 0 Å². The van der Waals surface area contributed by atoms with E-state index in [0.717, 1.165) is 16.5 Å². The fourth-order valence-corrected chi connectivity index (χ4v) is 9.57. The largest absolute Gasteiger partial charge is 0.480 e. The summed E-state index contributed by atoms with van der Waals surface area (Å²) in [6, 6.07) is 9.52.